The molecule has 5 heteroatoms. The van der Waals surface area contributed by atoms with Crippen LogP contribution in [0, 0.1) is 6.92 Å². The van der Waals surface area contributed by atoms with Gasteiger partial charge in [-0.05, 0) is 13.3 Å². The van der Waals surface area contributed by atoms with E-state index in [1.165, 1.54) is 6.20 Å². The maximum absolute atomic E-state index is 11.8. The first kappa shape index (κ1) is 9.21. The molecule has 0 bridgehead atoms. The molecule has 1 saturated heterocycles. The van der Waals surface area contributed by atoms with Crippen LogP contribution < -0.4 is 0 Å². The molecule has 1 aliphatic rings. The van der Waals surface area contributed by atoms with Gasteiger partial charge in [-0.25, -0.2) is 0 Å². The van der Waals surface area contributed by atoms with Gasteiger partial charge in [0.25, 0.3) is 5.91 Å². The summed E-state index contributed by atoms with van der Waals surface area (Å²) in [5, 5.41) is 12.8. The molecule has 0 radical (unpaired) electrons. The minimum absolute atomic E-state index is 0.111. The van der Waals surface area contributed by atoms with Gasteiger partial charge in [-0.2, -0.15) is 0 Å². The van der Waals surface area contributed by atoms with Crippen LogP contribution in [0.5, 0.6) is 0 Å². The second kappa shape index (κ2) is 3.42. The number of aliphatic hydroxyl groups is 1. The first-order valence-corrected chi connectivity index (χ1v) is 4.57. The maximum Gasteiger partial charge on any atom is 0.259 e. The number of aliphatic hydroxyl groups excluding tert-OH is 1. The fraction of sp³-hybridized carbons (Fsp3) is 0.556. The van der Waals surface area contributed by atoms with E-state index >= 15 is 0 Å². The quantitative estimate of drug-likeness (QED) is 0.696. The number of aromatic nitrogens is 1. The zero-order chi connectivity index (χ0) is 10.1. The molecule has 1 aromatic rings. The highest BCUT2D eigenvalue weighted by Crippen LogP contribution is 2.15. The molecule has 0 saturated carbocycles. The number of likely N-dealkylation sites (tertiary alicyclic amines) is 1. The normalized spacial score (nSPS) is 21.6. The molecule has 14 heavy (non-hydrogen) atoms. The molecule has 1 N–H and O–H groups in total. The van der Waals surface area contributed by atoms with E-state index in [-0.39, 0.29) is 12.0 Å². The molecule has 0 aliphatic carbocycles. The van der Waals surface area contributed by atoms with Crippen molar-refractivity contribution in [2.75, 3.05) is 13.1 Å². The molecule has 1 atom stereocenters. The predicted molar refractivity (Wildman–Crippen MR) is 47.8 cm³/mol. The average molecular weight is 196 g/mol. The number of rotatable bonds is 1. The van der Waals surface area contributed by atoms with Crippen molar-refractivity contribution in [3.05, 3.63) is 17.5 Å². The Morgan fingerprint density at radius 2 is 2.57 bits per heavy atom. The summed E-state index contributed by atoms with van der Waals surface area (Å²) in [4.78, 5) is 13.4. The van der Waals surface area contributed by atoms with E-state index in [1.54, 1.807) is 11.8 Å². The minimum Gasteiger partial charge on any atom is -0.391 e. The molecule has 1 fully saturated rings. The van der Waals surface area contributed by atoms with Crippen molar-refractivity contribution in [2.24, 2.45) is 0 Å². The molecule has 0 aromatic carbocycles. The summed E-state index contributed by atoms with van der Waals surface area (Å²) >= 11 is 0. The van der Waals surface area contributed by atoms with Crippen LogP contribution in [0.25, 0.3) is 0 Å². The Kier molecular flexibility index (Phi) is 2.25. The first-order chi connectivity index (χ1) is 6.68. The monoisotopic (exact) mass is 196 g/mol. The molecule has 2 heterocycles. The minimum atomic E-state index is -0.390. The lowest BCUT2D eigenvalue weighted by molar-refractivity contribution is 0.0763. The highest BCUT2D eigenvalue weighted by atomic mass is 16.5. The molecule has 1 amide bonds. The fourth-order valence-corrected chi connectivity index (χ4v) is 1.60. The second-order valence-electron chi connectivity index (χ2n) is 3.49. The summed E-state index contributed by atoms with van der Waals surface area (Å²) in [6.07, 6.45) is 1.68. The number of carbonyl (C=O) groups is 1. The van der Waals surface area contributed by atoms with Crippen molar-refractivity contribution in [3.63, 3.8) is 0 Å². The van der Waals surface area contributed by atoms with Crippen LogP contribution >= 0.6 is 0 Å². The molecule has 76 valence electrons. The zero-order valence-corrected chi connectivity index (χ0v) is 7.93. The van der Waals surface area contributed by atoms with Crippen LogP contribution in [0.3, 0.4) is 0 Å². The number of hydrogen-bond donors (Lipinski definition) is 1. The van der Waals surface area contributed by atoms with Crippen LogP contribution in [-0.2, 0) is 0 Å². The largest absolute Gasteiger partial charge is 0.391 e. The molecule has 5 nitrogen and oxygen atoms in total. The average Bonchev–Trinajstić information content (AvgIpc) is 2.73. The van der Waals surface area contributed by atoms with Crippen molar-refractivity contribution in [2.45, 2.75) is 19.4 Å². The van der Waals surface area contributed by atoms with Crippen LogP contribution in [0.4, 0.5) is 0 Å². The van der Waals surface area contributed by atoms with Gasteiger partial charge in [0.1, 0.15) is 11.3 Å². The van der Waals surface area contributed by atoms with Gasteiger partial charge in [-0.1, -0.05) is 5.16 Å². The van der Waals surface area contributed by atoms with Gasteiger partial charge >= 0.3 is 0 Å². The topological polar surface area (TPSA) is 66.6 Å². The number of aryl methyl sites for hydroxylation is 1. The lowest BCUT2D eigenvalue weighted by Gasteiger charge is -2.13. The van der Waals surface area contributed by atoms with E-state index in [4.69, 9.17) is 4.52 Å². The predicted octanol–water partition coefficient (Wildman–Crippen LogP) is 0.190. The van der Waals surface area contributed by atoms with Gasteiger partial charge in [-0.3, -0.25) is 4.79 Å². The highest BCUT2D eigenvalue weighted by Gasteiger charge is 2.27. The number of hydrogen-bond acceptors (Lipinski definition) is 4. The third-order valence-corrected chi connectivity index (χ3v) is 2.43. The summed E-state index contributed by atoms with van der Waals surface area (Å²) in [5.41, 5.74) is 0.485. The number of amides is 1. The molecule has 1 aliphatic heterocycles. The zero-order valence-electron chi connectivity index (χ0n) is 7.93. The van der Waals surface area contributed by atoms with E-state index in [1.807, 2.05) is 0 Å². The van der Waals surface area contributed by atoms with Crippen LogP contribution in [0.2, 0.25) is 0 Å². The van der Waals surface area contributed by atoms with Crippen molar-refractivity contribution in [1.82, 2.24) is 10.1 Å². The summed E-state index contributed by atoms with van der Waals surface area (Å²) < 4.78 is 4.81. The third kappa shape index (κ3) is 1.50. The first-order valence-electron chi connectivity index (χ1n) is 4.57. The van der Waals surface area contributed by atoms with Gasteiger partial charge in [0.15, 0.2) is 0 Å². The third-order valence-electron chi connectivity index (χ3n) is 2.43. The van der Waals surface area contributed by atoms with Crippen LogP contribution in [0.15, 0.2) is 10.7 Å². The highest BCUT2D eigenvalue weighted by molar-refractivity contribution is 5.94. The Morgan fingerprint density at radius 3 is 3.07 bits per heavy atom. The second-order valence-corrected chi connectivity index (χ2v) is 3.49. The Labute approximate surface area is 81.3 Å². The Hall–Kier alpha value is -1.36. The number of carbonyl (C=O) groups excluding carboxylic acids is 1. The maximum atomic E-state index is 11.8. The van der Waals surface area contributed by atoms with E-state index in [9.17, 15) is 9.90 Å². The molecule has 0 spiro atoms. The van der Waals surface area contributed by atoms with Gasteiger partial charge in [0.2, 0.25) is 0 Å². The lowest BCUT2D eigenvalue weighted by Crippen LogP contribution is -2.29. The van der Waals surface area contributed by atoms with Gasteiger partial charge < -0.3 is 14.5 Å². The lowest BCUT2D eigenvalue weighted by atomic mass is 10.2. The fourth-order valence-electron chi connectivity index (χ4n) is 1.60. The Bertz CT molecular complexity index is 348. The smallest absolute Gasteiger partial charge is 0.259 e. The van der Waals surface area contributed by atoms with Crippen LogP contribution in [-0.4, -0.2) is 40.3 Å². The van der Waals surface area contributed by atoms with Crippen molar-refractivity contribution >= 4 is 5.91 Å². The van der Waals surface area contributed by atoms with Gasteiger partial charge in [0.05, 0.1) is 12.3 Å². The molecule has 0 unspecified atom stereocenters. The van der Waals surface area contributed by atoms with E-state index < -0.39 is 0 Å². The Balaban J connectivity index is 2.13. The molecule has 2 rings (SSSR count). The Morgan fingerprint density at radius 1 is 1.79 bits per heavy atom. The van der Waals surface area contributed by atoms with Crippen molar-refractivity contribution in [3.8, 4) is 0 Å². The van der Waals surface area contributed by atoms with E-state index in [0.29, 0.717) is 30.8 Å². The molecule has 1 aromatic heterocycles. The van der Waals surface area contributed by atoms with Crippen LogP contribution in [0.1, 0.15) is 22.5 Å². The molecular formula is C9H12N2O3. The summed E-state index contributed by atoms with van der Waals surface area (Å²) in [7, 11) is 0. The SMILES string of the molecule is Cc1oncc1C(=O)N1CC[C@H](O)C1. The standard InChI is InChI=1S/C9H12N2O3/c1-6-8(4-10-14-6)9(13)11-3-2-7(12)5-11/h4,7,12H,2-3,5H2,1H3/t7-/m0/s1. The van der Waals surface area contributed by atoms with Gasteiger partial charge in [-0.15, -0.1) is 0 Å². The van der Waals surface area contributed by atoms with E-state index in [2.05, 4.69) is 5.16 Å². The van der Waals surface area contributed by atoms with Gasteiger partial charge in [0, 0.05) is 13.1 Å². The van der Waals surface area contributed by atoms with Crippen molar-refractivity contribution < 1.29 is 14.4 Å². The summed E-state index contributed by atoms with van der Waals surface area (Å²) in [6, 6.07) is 0. The molecular weight excluding hydrogens is 184 g/mol. The van der Waals surface area contributed by atoms with E-state index in [0.717, 1.165) is 0 Å². The number of nitrogens with zero attached hydrogens (tertiary/aromatic N) is 2. The number of β-amino-alcohol motifs (C(OH)–C–C–N with tert-alkyl or cyclic N) is 1. The summed E-state index contributed by atoms with van der Waals surface area (Å²) in [6.45, 7) is 2.71. The van der Waals surface area contributed by atoms with Crippen molar-refractivity contribution in [1.29, 1.82) is 0 Å². The summed E-state index contributed by atoms with van der Waals surface area (Å²) in [5.74, 6) is 0.414.